The third kappa shape index (κ3) is 5.23. The number of benzene rings is 1. The van der Waals surface area contributed by atoms with E-state index in [9.17, 15) is 4.79 Å². The average molecular weight is 402 g/mol. The van der Waals surface area contributed by atoms with Crippen molar-refractivity contribution in [1.82, 2.24) is 14.9 Å². The molecule has 0 N–H and O–H groups in total. The Hall–Kier alpha value is -3.21. The van der Waals surface area contributed by atoms with Crippen molar-refractivity contribution in [2.45, 2.75) is 32.8 Å². The van der Waals surface area contributed by atoms with Crippen molar-refractivity contribution in [2.75, 3.05) is 13.1 Å². The van der Waals surface area contributed by atoms with Crippen LogP contribution in [-0.4, -0.2) is 33.9 Å². The summed E-state index contributed by atoms with van der Waals surface area (Å²) < 4.78 is 5.75. The van der Waals surface area contributed by atoms with Gasteiger partial charge in [0.25, 0.3) is 5.91 Å². The Bertz CT molecular complexity index is 948. The van der Waals surface area contributed by atoms with Crippen LogP contribution in [0.15, 0.2) is 67.1 Å². The monoisotopic (exact) mass is 401 g/mol. The first-order chi connectivity index (χ1) is 14.7. The molecule has 2 aromatic heterocycles. The molecule has 4 rings (SSSR count). The number of rotatable bonds is 6. The van der Waals surface area contributed by atoms with Gasteiger partial charge in [-0.2, -0.15) is 0 Å². The summed E-state index contributed by atoms with van der Waals surface area (Å²) in [4.78, 5) is 22.9. The Labute approximate surface area is 177 Å². The second-order valence-electron chi connectivity index (χ2n) is 7.92. The van der Waals surface area contributed by atoms with Gasteiger partial charge in [-0.25, -0.2) is 0 Å². The van der Waals surface area contributed by atoms with Gasteiger partial charge in [0.1, 0.15) is 12.4 Å². The van der Waals surface area contributed by atoms with E-state index < -0.39 is 0 Å². The van der Waals surface area contributed by atoms with E-state index in [1.54, 1.807) is 18.6 Å². The normalized spacial score (nSPS) is 14.5. The molecule has 0 unspecified atom stereocenters. The minimum Gasteiger partial charge on any atom is -0.487 e. The van der Waals surface area contributed by atoms with E-state index in [1.807, 2.05) is 36.1 Å². The predicted octanol–water partition coefficient (Wildman–Crippen LogP) is 4.46. The zero-order valence-electron chi connectivity index (χ0n) is 17.3. The third-order valence-electron chi connectivity index (χ3n) is 5.65. The van der Waals surface area contributed by atoms with Gasteiger partial charge in [0, 0.05) is 31.2 Å². The van der Waals surface area contributed by atoms with Crippen LogP contribution in [0, 0.1) is 12.8 Å². The molecule has 0 saturated carbocycles. The summed E-state index contributed by atoms with van der Waals surface area (Å²) in [5.74, 6) is 1.49. The number of aromatic nitrogens is 2. The molecule has 3 aromatic rings. The molecule has 5 nitrogen and oxygen atoms in total. The topological polar surface area (TPSA) is 55.3 Å². The molecule has 1 aliphatic heterocycles. The molecule has 1 aliphatic rings. The molecule has 1 amide bonds. The molecule has 0 aliphatic carbocycles. The number of likely N-dealkylation sites (tertiary alicyclic amines) is 1. The maximum absolute atomic E-state index is 12.6. The van der Waals surface area contributed by atoms with Gasteiger partial charge in [-0.3, -0.25) is 14.8 Å². The molecule has 1 saturated heterocycles. The van der Waals surface area contributed by atoms with Gasteiger partial charge in [-0.15, -0.1) is 0 Å². The highest BCUT2D eigenvalue weighted by Crippen LogP contribution is 2.23. The first-order valence-electron chi connectivity index (χ1n) is 10.5. The summed E-state index contributed by atoms with van der Waals surface area (Å²) in [7, 11) is 0. The Morgan fingerprint density at radius 3 is 2.47 bits per heavy atom. The predicted molar refractivity (Wildman–Crippen MR) is 116 cm³/mol. The van der Waals surface area contributed by atoms with Crippen molar-refractivity contribution in [3.8, 4) is 5.75 Å². The maximum Gasteiger partial charge on any atom is 0.255 e. The number of nitrogens with zero attached hydrogens (tertiary/aromatic N) is 3. The molecular formula is C25H27N3O2. The summed E-state index contributed by atoms with van der Waals surface area (Å²) in [6.45, 7) is 4.10. The maximum atomic E-state index is 12.6. The summed E-state index contributed by atoms with van der Waals surface area (Å²) >= 11 is 0. The van der Waals surface area contributed by atoms with E-state index in [0.717, 1.165) is 49.4 Å². The third-order valence-corrected chi connectivity index (χ3v) is 5.65. The molecule has 0 spiro atoms. The fourth-order valence-corrected chi connectivity index (χ4v) is 3.82. The van der Waals surface area contributed by atoms with E-state index in [4.69, 9.17) is 4.74 Å². The number of pyridine rings is 2. The lowest BCUT2D eigenvalue weighted by Crippen LogP contribution is -2.39. The standard InChI is InChI=1S/C25H27N3O2/c1-19-4-9-23(16-27-19)25(29)28-13-10-21(11-14-28)15-20-5-7-22(8-6-20)18-30-24-3-2-12-26-17-24/h2-9,12,16-17,21H,10-11,13-15,18H2,1H3. The number of hydrogen-bond acceptors (Lipinski definition) is 4. The highest BCUT2D eigenvalue weighted by Gasteiger charge is 2.24. The number of aryl methyl sites for hydroxylation is 1. The number of carbonyl (C=O) groups is 1. The van der Waals surface area contributed by atoms with Gasteiger partial charge in [0.05, 0.1) is 11.8 Å². The highest BCUT2D eigenvalue weighted by atomic mass is 16.5. The van der Waals surface area contributed by atoms with Crippen molar-refractivity contribution >= 4 is 5.91 Å². The second kappa shape index (κ2) is 9.53. The first-order valence-corrected chi connectivity index (χ1v) is 10.5. The smallest absolute Gasteiger partial charge is 0.255 e. The molecule has 1 aromatic carbocycles. The number of hydrogen-bond donors (Lipinski definition) is 0. The van der Waals surface area contributed by atoms with Gasteiger partial charge in [-0.1, -0.05) is 24.3 Å². The lowest BCUT2D eigenvalue weighted by molar-refractivity contribution is 0.0690. The largest absolute Gasteiger partial charge is 0.487 e. The van der Waals surface area contributed by atoms with E-state index >= 15 is 0 Å². The molecular weight excluding hydrogens is 374 g/mol. The van der Waals surface area contributed by atoms with Crippen molar-refractivity contribution in [2.24, 2.45) is 5.92 Å². The Morgan fingerprint density at radius 2 is 1.80 bits per heavy atom. The van der Waals surface area contributed by atoms with Crippen molar-refractivity contribution in [3.05, 3.63) is 89.5 Å². The fourth-order valence-electron chi connectivity index (χ4n) is 3.82. The minimum absolute atomic E-state index is 0.0962. The Kier molecular flexibility index (Phi) is 6.38. The van der Waals surface area contributed by atoms with Gasteiger partial charge in [0.2, 0.25) is 0 Å². The molecule has 3 heterocycles. The van der Waals surface area contributed by atoms with Crippen LogP contribution < -0.4 is 4.74 Å². The van der Waals surface area contributed by atoms with Crippen molar-refractivity contribution in [3.63, 3.8) is 0 Å². The van der Waals surface area contributed by atoms with Crippen LogP contribution in [0.5, 0.6) is 5.75 Å². The summed E-state index contributed by atoms with van der Waals surface area (Å²) in [5, 5.41) is 0. The van der Waals surface area contributed by atoms with Gasteiger partial charge < -0.3 is 9.64 Å². The number of piperidine rings is 1. The Morgan fingerprint density at radius 1 is 1.03 bits per heavy atom. The van der Waals surface area contributed by atoms with E-state index in [2.05, 4.69) is 34.2 Å². The van der Waals surface area contributed by atoms with Crippen LogP contribution in [0.1, 0.15) is 40.0 Å². The number of amides is 1. The summed E-state index contributed by atoms with van der Waals surface area (Å²) in [6, 6.07) is 16.2. The van der Waals surface area contributed by atoms with Crippen LogP contribution in [0.2, 0.25) is 0 Å². The minimum atomic E-state index is 0.0962. The molecule has 0 radical (unpaired) electrons. The molecule has 5 heteroatoms. The van der Waals surface area contributed by atoms with E-state index in [1.165, 1.54) is 5.56 Å². The van der Waals surface area contributed by atoms with Crippen molar-refractivity contribution < 1.29 is 9.53 Å². The van der Waals surface area contributed by atoms with Gasteiger partial charge >= 0.3 is 0 Å². The van der Waals surface area contributed by atoms with Crippen LogP contribution in [0.25, 0.3) is 0 Å². The second-order valence-corrected chi connectivity index (χ2v) is 7.92. The fraction of sp³-hybridized carbons (Fsp3) is 0.320. The molecule has 30 heavy (non-hydrogen) atoms. The number of ether oxygens (including phenoxy) is 1. The summed E-state index contributed by atoms with van der Waals surface area (Å²) in [6.07, 6.45) is 8.28. The van der Waals surface area contributed by atoms with E-state index in [-0.39, 0.29) is 5.91 Å². The van der Waals surface area contributed by atoms with Gasteiger partial charge in [0.15, 0.2) is 0 Å². The number of carbonyl (C=O) groups excluding carboxylic acids is 1. The van der Waals surface area contributed by atoms with Crippen molar-refractivity contribution in [1.29, 1.82) is 0 Å². The van der Waals surface area contributed by atoms with Crippen LogP contribution in [0.4, 0.5) is 0 Å². The van der Waals surface area contributed by atoms with Crippen LogP contribution in [0.3, 0.4) is 0 Å². The van der Waals surface area contributed by atoms with Gasteiger partial charge in [-0.05, 0) is 67.5 Å². The first kappa shape index (κ1) is 20.1. The highest BCUT2D eigenvalue weighted by molar-refractivity contribution is 5.93. The molecule has 0 atom stereocenters. The summed E-state index contributed by atoms with van der Waals surface area (Å²) in [5.41, 5.74) is 4.10. The van der Waals surface area contributed by atoms with Crippen LogP contribution >= 0.6 is 0 Å². The lowest BCUT2D eigenvalue weighted by atomic mass is 9.89. The average Bonchev–Trinajstić information content (AvgIpc) is 2.80. The van der Waals surface area contributed by atoms with Crippen LogP contribution in [-0.2, 0) is 13.0 Å². The Balaban J connectivity index is 1.24. The molecule has 1 fully saturated rings. The van der Waals surface area contributed by atoms with E-state index in [0.29, 0.717) is 18.1 Å². The zero-order chi connectivity index (χ0) is 20.8. The molecule has 0 bridgehead atoms. The SMILES string of the molecule is Cc1ccc(C(=O)N2CCC(Cc3ccc(COc4cccnc4)cc3)CC2)cn1. The zero-order valence-corrected chi connectivity index (χ0v) is 17.3. The molecule has 154 valence electrons. The quantitative estimate of drug-likeness (QED) is 0.612. The lowest BCUT2D eigenvalue weighted by Gasteiger charge is -2.32.